The number of hydrogen-bond donors (Lipinski definition) is 5. The highest BCUT2D eigenvalue weighted by molar-refractivity contribution is 5.92. The molecule has 4 amide bonds. The van der Waals surface area contributed by atoms with E-state index < -0.39 is 42.1 Å². The smallest absolute Gasteiger partial charge is 0.408 e. The average molecular weight is 537 g/mol. The first-order valence-corrected chi connectivity index (χ1v) is 12.8. The molecule has 0 aromatic heterocycles. The number of carbonyl (C=O) groups excluding carboxylic acids is 3. The van der Waals surface area contributed by atoms with E-state index >= 15 is 0 Å². The van der Waals surface area contributed by atoms with E-state index in [1.54, 1.807) is 0 Å². The van der Waals surface area contributed by atoms with Crippen LogP contribution in [-0.4, -0.2) is 63.5 Å². The van der Waals surface area contributed by atoms with Crippen LogP contribution in [0.4, 0.5) is 9.59 Å². The van der Waals surface area contributed by atoms with Crippen molar-refractivity contribution in [2.24, 2.45) is 23.5 Å². The van der Waals surface area contributed by atoms with Gasteiger partial charge in [0, 0.05) is 6.54 Å². The fraction of sp³-hybridized carbons (Fsp3) is 0.593. The largest absolute Gasteiger partial charge is 0.465 e. The van der Waals surface area contributed by atoms with Gasteiger partial charge >= 0.3 is 12.2 Å². The van der Waals surface area contributed by atoms with E-state index in [0.717, 1.165) is 10.5 Å². The van der Waals surface area contributed by atoms with Crippen molar-refractivity contribution in [2.45, 2.75) is 85.5 Å². The maximum absolute atomic E-state index is 13.4. The number of aldehydes is 1. The Morgan fingerprint density at radius 2 is 1.34 bits per heavy atom. The first-order chi connectivity index (χ1) is 17.7. The van der Waals surface area contributed by atoms with Crippen LogP contribution in [0.3, 0.4) is 0 Å². The molecule has 0 heterocycles. The first kappa shape index (κ1) is 34.4. The zero-order chi connectivity index (χ0) is 29.4. The number of amides is 4. The lowest BCUT2D eigenvalue weighted by Gasteiger charge is -2.31. The molecule has 38 heavy (non-hydrogen) atoms. The molecule has 0 saturated carbocycles. The minimum atomic E-state index is -1.33. The Hall–Kier alpha value is -3.63. The topological polar surface area (TPSA) is 179 Å². The summed E-state index contributed by atoms with van der Waals surface area (Å²) in [5.74, 6) is -0.589. The molecular weight excluding hydrogens is 492 g/mol. The van der Waals surface area contributed by atoms with Crippen molar-refractivity contribution in [3.05, 3.63) is 35.9 Å². The molecule has 0 unspecified atom stereocenters. The second-order valence-corrected chi connectivity index (χ2v) is 10.5. The number of nitrogens with zero attached hydrogens (tertiary/aromatic N) is 1. The van der Waals surface area contributed by atoms with Gasteiger partial charge in [0.2, 0.25) is 11.8 Å². The van der Waals surface area contributed by atoms with E-state index in [2.05, 4.69) is 16.4 Å². The SMILES string of the molecule is CC(C)C[C@@H](C=O)NC(=O)[C@H](CC(C)C)NC(=O)[C@H](CC(C)C)N(Cc1ccccc1)C(=O)O.NC(=O)O. The van der Waals surface area contributed by atoms with Crippen LogP contribution in [0.25, 0.3) is 0 Å². The maximum Gasteiger partial charge on any atom is 0.408 e. The monoisotopic (exact) mass is 536 g/mol. The summed E-state index contributed by atoms with van der Waals surface area (Å²) in [6.07, 6.45) is -0.652. The minimum absolute atomic E-state index is 0.0521. The van der Waals surface area contributed by atoms with E-state index in [1.807, 2.05) is 71.9 Å². The molecule has 11 nitrogen and oxygen atoms in total. The summed E-state index contributed by atoms with van der Waals surface area (Å²) in [5.41, 5.74) is 4.80. The van der Waals surface area contributed by atoms with Crippen molar-refractivity contribution in [1.82, 2.24) is 15.5 Å². The highest BCUT2D eigenvalue weighted by Crippen LogP contribution is 2.17. The van der Waals surface area contributed by atoms with Crippen LogP contribution in [0.2, 0.25) is 0 Å². The fourth-order valence-corrected chi connectivity index (χ4v) is 3.82. The summed E-state index contributed by atoms with van der Waals surface area (Å²) in [5, 5.41) is 22.6. The molecule has 1 aromatic carbocycles. The van der Waals surface area contributed by atoms with Gasteiger partial charge in [0.1, 0.15) is 18.4 Å². The standard InChI is InChI=1S/C26H41N3O5.CH3NO2/c1-17(2)12-21(16-30)27-24(31)22(13-18(3)4)28-25(32)23(14-19(5)6)29(26(33)34)15-20-10-8-7-9-11-20;2-1(3)4/h7-11,16-19,21-23H,12-15H2,1-6H3,(H,27,31)(H,28,32)(H,33,34);2H2,(H,3,4)/t21-,22-,23-;/m0./s1. The number of nitrogens with two attached hydrogens (primary N) is 1. The van der Waals surface area contributed by atoms with Crippen LogP contribution in [0.5, 0.6) is 0 Å². The zero-order valence-electron chi connectivity index (χ0n) is 23.2. The van der Waals surface area contributed by atoms with E-state index in [1.165, 1.54) is 0 Å². The predicted octanol–water partition coefficient (Wildman–Crippen LogP) is 3.47. The van der Waals surface area contributed by atoms with E-state index in [-0.39, 0.29) is 24.3 Å². The van der Waals surface area contributed by atoms with Crippen molar-refractivity contribution < 1.29 is 34.2 Å². The van der Waals surface area contributed by atoms with Gasteiger partial charge in [-0.1, -0.05) is 71.9 Å². The molecule has 3 atom stereocenters. The normalized spacial score (nSPS) is 13.1. The van der Waals surface area contributed by atoms with Gasteiger partial charge in [-0.3, -0.25) is 14.5 Å². The Balaban J connectivity index is 0.00000318. The van der Waals surface area contributed by atoms with E-state index in [9.17, 15) is 24.3 Å². The molecular formula is C27H44N4O7. The van der Waals surface area contributed by atoms with Gasteiger partial charge in [0.25, 0.3) is 0 Å². The second kappa shape index (κ2) is 17.8. The lowest BCUT2D eigenvalue weighted by molar-refractivity contribution is -0.133. The summed E-state index contributed by atoms with van der Waals surface area (Å²) in [6.45, 7) is 11.7. The average Bonchev–Trinajstić information content (AvgIpc) is 2.79. The van der Waals surface area contributed by atoms with E-state index in [4.69, 9.17) is 9.90 Å². The van der Waals surface area contributed by atoms with E-state index in [0.29, 0.717) is 25.5 Å². The molecule has 1 rings (SSSR count). The number of hydrogen-bond acceptors (Lipinski definition) is 5. The first-order valence-electron chi connectivity index (χ1n) is 12.8. The Bertz CT molecular complexity index is 887. The van der Waals surface area contributed by atoms with Gasteiger partial charge in [-0.05, 0) is 42.6 Å². The number of carboxylic acid groups (broad SMARTS) is 2. The van der Waals surface area contributed by atoms with Crippen molar-refractivity contribution in [2.75, 3.05) is 0 Å². The van der Waals surface area contributed by atoms with Crippen molar-refractivity contribution in [3.63, 3.8) is 0 Å². The summed E-state index contributed by atoms with van der Waals surface area (Å²) in [6, 6.07) is 6.62. The van der Waals surface area contributed by atoms with Gasteiger partial charge in [-0.25, -0.2) is 9.59 Å². The third-order valence-electron chi connectivity index (χ3n) is 5.37. The molecule has 0 aliphatic heterocycles. The second-order valence-electron chi connectivity index (χ2n) is 10.5. The summed E-state index contributed by atoms with van der Waals surface area (Å²) < 4.78 is 0. The van der Waals surface area contributed by atoms with Gasteiger partial charge in [0.05, 0.1) is 6.04 Å². The number of benzene rings is 1. The molecule has 0 fully saturated rings. The molecule has 0 radical (unpaired) electrons. The number of primary amides is 1. The van der Waals surface area contributed by atoms with Crippen LogP contribution in [0.1, 0.15) is 66.4 Å². The van der Waals surface area contributed by atoms with Gasteiger partial charge in [-0.15, -0.1) is 0 Å². The van der Waals surface area contributed by atoms with Gasteiger partial charge in [0.15, 0.2) is 0 Å². The molecule has 0 spiro atoms. The van der Waals surface area contributed by atoms with Crippen LogP contribution < -0.4 is 16.4 Å². The Labute approximate surface area is 225 Å². The highest BCUT2D eigenvalue weighted by Gasteiger charge is 2.33. The van der Waals surface area contributed by atoms with Crippen LogP contribution in [0.15, 0.2) is 30.3 Å². The number of nitrogens with one attached hydrogen (secondary N) is 2. The maximum atomic E-state index is 13.4. The van der Waals surface area contributed by atoms with Crippen molar-refractivity contribution >= 4 is 30.3 Å². The Morgan fingerprint density at radius 1 is 0.842 bits per heavy atom. The zero-order valence-corrected chi connectivity index (χ0v) is 23.2. The fourth-order valence-electron chi connectivity index (χ4n) is 3.82. The van der Waals surface area contributed by atoms with Crippen LogP contribution in [-0.2, 0) is 20.9 Å². The number of rotatable bonds is 14. The Kier molecular flexibility index (Phi) is 16.1. The van der Waals surface area contributed by atoms with Crippen molar-refractivity contribution in [3.8, 4) is 0 Å². The molecule has 0 bridgehead atoms. The lowest BCUT2D eigenvalue weighted by atomic mass is 9.98. The van der Waals surface area contributed by atoms with Crippen LogP contribution in [0, 0.1) is 17.8 Å². The summed E-state index contributed by atoms with van der Waals surface area (Å²) in [4.78, 5) is 59.9. The van der Waals surface area contributed by atoms with Crippen molar-refractivity contribution in [1.29, 1.82) is 0 Å². The molecule has 0 saturated heterocycles. The summed E-state index contributed by atoms with van der Waals surface area (Å²) in [7, 11) is 0. The molecule has 11 heteroatoms. The molecule has 6 N–H and O–H groups in total. The number of carbonyl (C=O) groups is 5. The Morgan fingerprint density at radius 3 is 1.76 bits per heavy atom. The lowest BCUT2D eigenvalue weighted by Crippen LogP contribution is -2.56. The third kappa shape index (κ3) is 14.8. The quantitative estimate of drug-likeness (QED) is 0.226. The third-order valence-corrected chi connectivity index (χ3v) is 5.37. The van der Waals surface area contributed by atoms with Gasteiger partial charge < -0.3 is 31.4 Å². The molecule has 1 aromatic rings. The predicted molar refractivity (Wildman–Crippen MR) is 144 cm³/mol. The highest BCUT2D eigenvalue weighted by atomic mass is 16.4. The van der Waals surface area contributed by atoms with Crippen LogP contribution >= 0.6 is 0 Å². The minimum Gasteiger partial charge on any atom is -0.465 e. The molecule has 0 aliphatic carbocycles. The molecule has 214 valence electrons. The molecule has 0 aliphatic rings. The van der Waals surface area contributed by atoms with Gasteiger partial charge in [-0.2, -0.15) is 0 Å². The summed E-state index contributed by atoms with van der Waals surface area (Å²) >= 11 is 0.